The van der Waals surface area contributed by atoms with E-state index in [0.29, 0.717) is 5.76 Å². The largest absolute Gasteiger partial charge is 0.456 e. The van der Waals surface area contributed by atoms with Gasteiger partial charge in [-0.15, -0.1) is 0 Å². The fraction of sp³-hybridized carbons (Fsp3) is 0. The van der Waals surface area contributed by atoms with Gasteiger partial charge in [0, 0.05) is 45.0 Å². The number of nitrogens with zero attached hydrogens (tertiary/aromatic N) is 1. The molecular weight excluding hydrogens is 454 g/mol. The molecule has 0 saturated carbocycles. The predicted molar refractivity (Wildman–Crippen MR) is 152 cm³/mol. The van der Waals surface area contributed by atoms with Crippen LogP contribution in [0.1, 0.15) is 5.56 Å². The van der Waals surface area contributed by atoms with E-state index in [1.54, 1.807) is 6.08 Å². The van der Waals surface area contributed by atoms with E-state index in [2.05, 4.69) is 96.9 Å². The molecule has 0 radical (unpaired) electrons. The van der Waals surface area contributed by atoms with Crippen molar-refractivity contribution in [2.75, 3.05) is 4.90 Å². The number of ether oxygens (including phenoxy) is 2. The molecule has 0 aromatic heterocycles. The summed E-state index contributed by atoms with van der Waals surface area (Å²) < 4.78 is 12.8. The Hall–Kier alpha value is -5.02. The first-order valence-electron chi connectivity index (χ1n) is 12.3. The van der Waals surface area contributed by atoms with Crippen LogP contribution in [0.25, 0.3) is 27.5 Å². The standard InChI is InChI=1S/C34H23NO2/c1-3-10-29-22(2)26-17-19-31-34-28(18-20-30(36-29)33(26)34)27-16-15-25(21-32(27)37-31)35(23-11-6-4-7-12-23)24-13-8-5-9-14-24/h3-21H,1-2H2. The molecule has 0 unspecified atom stereocenters. The monoisotopic (exact) mass is 477 g/mol. The highest BCUT2D eigenvalue weighted by Crippen LogP contribution is 2.53. The number of anilines is 3. The van der Waals surface area contributed by atoms with Gasteiger partial charge in [0.2, 0.25) is 0 Å². The fourth-order valence-corrected chi connectivity index (χ4v) is 5.31. The number of benzene rings is 5. The Morgan fingerprint density at radius 1 is 0.568 bits per heavy atom. The van der Waals surface area contributed by atoms with E-state index < -0.39 is 0 Å². The molecular formula is C34H23NO2. The van der Waals surface area contributed by atoms with Crippen molar-refractivity contribution < 1.29 is 9.47 Å². The van der Waals surface area contributed by atoms with E-state index in [0.717, 1.165) is 67.3 Å². The molecule has 0 bridgehead atoms. The summed E-state index contributed by atoms with van der Waals surface area (Å²) in [5.41, 5.74) is 7.28. The van der Waals surface area contributed by atoms with Gasteiger partial charge in [-0.25, -0.2) is 0 Å². The Kier molecular flexibility index (Phi) is 4.76. The Morgan fingerprint density at radius 2 is 1.16 bits per heavy atom. The molecule has 2 heterocycles. The summed E-state index contributed by atoms with van der Waals surface area (Å²) in [7, 11) is 0. The van der Waals surface area contributed by atoms with Crippen LogP contribution in [0.3, 0.4) is 0 Å². The topological polar surface area (TPSA) is 21.7 Å². The first-order valence-corrected chi connectivity index (χ1v) is 12.3. The molecule has 2 aliphatic heterocycles. The summed E-state index contributed by atoms with van der Waals surface area (Å²) in [6, 6.07) is 35.5. The van der Waals surface area contributed by atoms with Gasteiger partial charge in [0.25, 0.3) is 0 Å². The molecule has 0 aliphatic carbocycles. The molecule has 7 rings (SSSR count). The number of rotatable bonds is 4. The summed E-state index contributed by atoms with van der Waals surface area (Å²) in [6.07, 6.45) is 3.57. The summed E-state index contributed by atoms with van der Waals surface area (Å²) in [6.45, 7) is 8.09. The fourth-order valence-electron chi connectivity index (χ4n) is 5.31. The normalized spacial score (nSPS) is 14.1. The van der Waals surface area contributed by atoms with Crippen LogP contribution < -0.4 is 14.4 Å². The maximum atomic E-state index is 6.56. The van der Waals surface area contributed by atoms with Gasteiger partial charge < -0.3 is 14.4 Å². The number of hydrogen-bond acceptors (Lipinski definition) is 3. The first kappa shape index (κ1) is 21.3. The molecule has 2 aliphatic rings. The molecule has 176 valence electrons. The molecule has 5 aromatic carbocycles. The maximum absolute atomic E-state index is 6.56. The molecule has 0 N–H and O–H groups in total. The summed E-state index contributed by atoms with van der Waals surface area (Å²) in [4.78, 5) is 2.24. The number of fused-ring (bicyclic) bond motifs is 2. The molecule has 3 nitrogen and oxygen atoms in total. The van der Waals surface area contributed by atoms with Crippen molar-refractivity contribution in [1.29, 1.82) is 0 Å². The van der Waals surface area contributed by atoms with Gasteiger partial charge in [-0.2, -0.15) is 0 Å². The van der Waals surface area contributed by atoms with Crippen molar-refractivity contribution in [2.45, 2.75) is 0 Å². The first-order chi connectivity index (χ1) is 18.2. The SMILES string of the molecule is C=CC=C1Oc2ccc3c4c(ccc(c24)C1=C)Oc1cc(N(c2ccccc2)c2ccccc2)ccc1-3. The summed E-state index contributed by atoms with van der Waals surface area (Å²) >= 11 is 0. The quantitative estimate of drug-likeness (QED) is 0.252. The van der Waals surface area contributed by atoms with Crippen LogP contribution in [0.2, 0.25) is 0 Å². The lowest BCUT2D eigenvalue weighted by molar-refractivity contribution is 0.449. The maximum Gasteiger partial charge on any atom is 0.137 e. The van der Waals surface area contributed by atoms with Gasteiger partial charge in [0.1, 0.15) is 23.0 Å². The van der Waals surface area contributed by atoms with Crippen LogP contribution in [0.15, 0.2) is 134 Å². The van der Waals surface area contributed by atoms with Gasteiger partial charge >= 0.3 is 0 Å². The molecule has 5 aromatic rings. The van der Waals surface area contributed by atoms with Crippen LogP contribution in [0, 0.1) is 0 Å². The number of para-hydroxylation sites is 2. The Bertz CT molecular complexity index is 1710. The van der Waals surface area contributed by atoms with E-state index >= 15 is 0 Å². The highest BCUT2D eigenvalue weighted by Gasteiger charge is 2.28. The summed E-state index contributed by atoms with van der Waals surface area (Å²) in [5, 5.41) is 2.09. The Labute approximate surface area is 215 Å². The second-order valence-corrected chi connectivity index (χ2v) is 9.11. The van der Waals surface area contributed by atoms with Crippen LogP contribution in [-0.4, -0.2) is 0 Å². The van der Waals surface area contributed by atoms with E-state index in [1.165, 1.54) is 0 Å². The van der Waals surface area contributed by atoms with Crippen molar-refractivity contribution in [3.8, 4) is 28.4 Å². The van der Waals surface area contributed by atoms with Gasteiger partial charge in [0.05, 0.1) is 0 Å². The van der Waals surface area contributed by atoms with Crippen LogP contribution in [0.4, 0.5) is 17.1 Å². The zero-order valence-electron chi connectivity index (χ0n) is 20.1. The molecule has 0 fully saturated rings. The predicted octanol–water partition coefficient (Wildman–Crippen LogP) is 9.56. The Morgan fingerprint density at radius 3 is 1.84 bits per heavy atom. The molecule has 0 spiro atoms. The minimum atomic E-state index is 0.717. The van der Waals surface area contributed by atoms with Crippen LogP contribution >= 0.6 is 0 Å². The minimum Gasteiger partial charge on any atom is -0.456 e. The van der Waals surface area contributed by atoms with Crippen molar-refractivity contribution in [3.05, 3.63) is 140 Å². The third kappa shape index (κ3) is 3.29. The second kappa shape index (κ2) is 8.28. The average Bonchev–Trinajstić information content (AvgIpc) is 2.94. The van der Waals surface area contributed by atoms with Crippen LogP contribution in [0.5, 0.6) is 17.2 Å². The van der Waals surface area contributed by atoms with Crippen molar-refractivity contribution >= 4 is 33.4 Å². The molecule has 0 atom stereocenters. The highest BCUT2D eigenvalue weighted by molar-refractivity contribution is 6.13. The van der Waals surface area contributed by atoms with Gasteiger partial charge in [-0.1, -0.05) is 55.6 Å². The molecule has 0 saturated heterocycles. The average molecular weight is 478 g/mol. The Balaban J connectivity index is 1.39. The third-order valence-electron chi connectivity index (χ3n) is 6.96. The van der Waals surface area contributed by atoms with Gasteiger partial charge in [-0.3, -0.25) is 0 Å². The van der Waals surface area contributed by atoms with E-state index in [1.807, 2.05) is 30.3 Å². The van der Waals surface area contributed by atoms with E-state index in [-0.39, 0.29) is 0 Å². The lowest BCUT2D eigenvalue weighted by Gasteiger charge is -2.29. The van der Waals surface area contributed by atoms with Crippen molar-refractivity contribution in [2.24, 2.45) is 0 Å². The summed E-state index contributed by atoms with van der Waals surface area (Å²) in [5.74, 6) is 3.17. The van der Waals surface area contributed by atoms with E-state index in [9.17, 15) is 0 Å². The second-order valence-electron chi connectivity index (χ2n) is 9.11. The minimum absolute atomic E-state index is 0.717. The molecule has 37 heavy (non-hydrogen) atoms. The number of allylic oxidation sites excluding steroid dienone is 3. The van der Waals surface area contributed by atoms with Crippen molar-refractivity contribution in [3.63, 3.8) is 0 Å². The molecule has 3 heteroatoms. The van der Waals surface area contributed by atoms with Gasteiger partial charge in [0.15, 0.2) is 0 Å². The third-order valence-corrected chi connectivity index (χ3v) is 6.96. The van der Waals surface area contributed by atoms with Crippen LogP contribution in [-0.2, 0) is 0 Å². The zero-order valence-corrected chi connectivity index (χ0v) is 20.1. The van der Waals surface area contributed by atoms with E-state index in [4.69, 9.17) is 9.47 Å². The smallest absolute Gasteiger partial charge is 0.137 e. The zero-order chi connectivity index (χ0) is 24.9. The van der Waals surface area contributed by atoms with Crippen molar-refractivity contribution in [1.82, 2.24) is 0 Å². The lowest BCUT2D eigenvalue weighted by atomic mass is 9.88. The number of hydrogen-bond donors (Lipinski definition) is 0. The lowest BCUT2D eigenvalue weighted by Crippen LogP contribution is -2.11. The van der Waals surface area contributed by atoms with Gasteiger partial charge in [-0.05, 0) is 77.9 Å². The molecule has 0 amide bonds. The highest BCUT2D eigenvalue weighted by atomic mass is 16.5.